The Morgan fingerprint density at radius 3 is 2.41 bits per heavy atom. The molecule has 2 aromatic rings. The molecule has 0 aromatic heterocycles. The Bertz CT molecular complexity index is 1110. The Morgan fingerprint density at radius 2 is 1.78 bits per heavy atom. The normalized spacial score (nSPS) is 12.2. The second-order valence-electron chi connectivity index (χ2n) is 7.25. The number of amides is 1. The quantitative estimate of drug-likeness (QED) is 0.172. The number of rotatable bonds is 11. The van der Waals surface area contributed by atoms with Crippen LogP contribution >= 0.6 is 0 Å². The number of nitrogens with one attached hydrogen (secondary N) is 2. The molecule has 11 nitrogen and oxygen atoms in total. The second-order valence-corrected chi connectivity index (χ2v) is 8.99. The Labute approximate surface area is 186 Å². The number of hydrogen-bond acceptors (Lipinski definition) is 6. The van der Waals surface area contributed by atoms with Gasteiger partial charge in [-0.1, -0.05) is 24.3 Å². The van der Waals surface area contributed by atoms with E-state index in [4.69, 9.17) is 11.5 Å². The predicted octanol–water partition coefficient (Wildman–Crippen LogP) is -0.193. The number of carbonyl (C=O) groups is 2. The summed E-state index contributed by atoms with van der Waals surface area (Å²) in [5, 5.41) is 12.8. The van der Waals surface area contributed by atoms with Crippen LogP contribution < -0.4 is 26.4 Å². The maximum absolute atomic E-state index is 12.9. The Morgan fingerprint density at radius 1 is 1.12 bits per heavy atom. The molecule has 0 unspecified atom stereocenters. The van der Waals surface area contributed by atoms with Crippen molar-refractivity contribution in [2.75, 3.05) is 32.1 Å². The van der Waals surface area contributed by atoms with Crippen molar-refractivity contribution in [2.24, 2.45) is 16.5 Å². The first-order valence-corrected chi connectivity index (χ1v) is 11.3. The van der Waals surface area contributed by atoms with Gasteiger partial charge in [0.2, 0.25) is 15.9 Å². The topological polar surface area (TPSA) is 180 Å². The molecule has 7 N–H and O–H groups in total. The zero-order chi connectivity index (χ0) is 23.9. The summed E-state index contributed by atoms with van der Waals surface area (Å²) >= 11 is 0. The van der Waals surface area contributed by atoms with Crippen LogP contribution in [0.15, 0.2) is 46.3 Å². The summed E-state index contributed by atoms with van der Waals surface area (Å²) in [5.74, 6) is -2.12. The van der Waals surface area contributed by atoms with E-state index in [9.17, 15) is 23.1 Å². The number of guanidine groups is 1. The maximum Gasteiger partial charge on any atom is 0.326 e. The van der Waals surface area contributed by atoms with E-state index < -0.39 is 34.5 Å². The maximum atomic E-state index is 12.9. The number of nitrogens with two attached hydrogens (primary N) is 2. The molecule has 174 valence electrons. The molecule has 0 aliphatic heterocycles. The van der Waals surface area contributed by atoms with Crippen LogP contribution in [0.25, 0.3) is 10.8 Å². The van der Waals surface area contributed by atoms with Gasteiger partial charge in [-0.15, -0.1) is 0 Å². The van der Waals surface area contributed by atoms with Crippen LogP contribution in [0.2, 0.25) is 0 Å². The second kappa shape index (κ2) is 10.8. The van der Waals surface area contributed by atoms with E-state index in [-0.39, 0.29) is 23.8 Å². The number of anilines is 1. The van der Waals surface area contributed by atoms with Crippen LogP contribution in [-0.4, -0.2) is 64.6 Å². The van der Waals surface area contributed by atoms with Gasteiger partial charge in [-0.3, -0.25) is 9.79 Å². The average Bonchev–Trinajstić information content (AvgIpc) is 2.73. The summed E-state index contributed by atoms with van der Waals surface area (Å²) < 4.78 is 28.0. The summed E-state index contributed by atoms with van der Waals surface area (Å²) in [6.07, 6.45) is 0.409. The molecule has 0 aliphatic carbocycles. The number of carboxylic acids is 1. The molecule has 0 radical (unpaired) electrons. The van der Waals surface area contributed by atoms with Crippen LogP contribution in [0.3, 0.4) is 0 Å². The molecule has 2 aromatic carbocycles. The Kier molecular flexibility index (Phi) is 8.38. The van der Waals surface area contributed by atoms with E-state index in [2.05, 4.69) is 15.0 Å². The molecule has 2 rings (SSSR count). The minimum Gasteiger partial charge on any atom is -0.480 e. The number of carboxylic acid groups (broad SMARTS) is 1. The number of aliphatic carboxylic acids is 1. The van der Waals surface area contributed by atoms with E-state index in [1.54, 1.807) is 18.2 Å². The first-order valence-electron chi connectivity index (χ1n) is 9.79. The number of fused-ring (bicyclic) bond motifs is 1. The summed E-state index contributed by atoms with van der Waals surface area (Å²) in [5.41, 5.74) is 11.3. The van der Waals surface area contributed by atoms with Gasteiger partial charge in [-0.2, -0.15) is 0 Å². The number of benzene rings is 2. The third-order valence-electron chi connectivity index (χ3n) is 4.63. The van der Waals surface area contributed by atoms with Gasteiger partial charge < -0.3 is 26.8 Å². The van der Waals surface area contributed by atoms with Gasteiger partial charge in [0, 0.05) is 37.1 Å². The van der Waals surface area contributed by atoms with E-state index in [0.29, 0.717) is 11.8 Å². The predicted molar refractivity (Wildman–Crippen MR) is 123 cm³/mol. The van der Waals surface area contributed by atoms with Gasteiger partial charge >= 0.3 is 5.97 Å². The van der Waals surface area contributed by atoms with Gasteiger partial charge in [-0.25, -0.2) is 17.9 Å². The minimum absolute atomic E-state index is 0.0264. The van der Waals surface area contributed by atoms with Gasteiger partial charge in [-0.05, 0) is 25.0 Å². The van der Waals surface area contributed by atoms with Crippen molar-refractivity contribution in [2.45, 2.75) is 23.8 Å². The largest absolute Gasteiger partial charge is 0.480 e. The third kappa shape index (κ3) is 6.56. The van der Waals surface area contributed by atoms with Gasteiger partial charge in [0.05, 0.1) is 11.4 Å². The lowest BCUT2D eigenvalue weighted by molar-refractivity contribution is -0.141. The Balaban J connectivity index is 2.09. The van der Waals surface area contributed by atoms with Crippen LogP contribution in [0, 0.1) is 0 Å². The van der Waals surface area contributed by atoms with E-state index in [1.165, 1.54) is 6.07 Å². The number of carbonyl (C=O) groups excluding carboxylic acids is 1. The zero-order valence-corrected chi connectivity index (χ0v) is 18.7. The summed E-state index contributed by atoms with van der Waals surface area (Å²) in [4.78, 5) is 29.2. The van der Waals surface area contributed by atoms with Crippen molar-refractivity contribution in [3.05, 3.63) is 36.4 Å². The van der Waals surface area contributed by atoms with Crippen molar-refractivity contribution in [1.82, 2.24) is 10.0 Å². The molecular formula is C20H28N6O5S. The molecule has 1 atom stereocenters. The first-order chi connectivity index (χ1) is 15.0. The van der Waals surface area contributed by atoms with Gasteiger partial charge in [0.1, 0.15) is 6.04 Å². The lowest BCUT2D eigenvalue weighted by Gasteiger charge is -2.17. The highest BCUT2D eigenvalue weighted by Crippen LogP contribution is 2.29. The van der Waals surface area contributed by atoms with Crippen LogP contribution in [0.4, 0.5) is 5.69 Å². The molecule has 0 heterocycles. The summed E-state index contributed by atoms with van der Waals surface area (Å²) in [7, 11) is -0.321. The molecule has 32 heavy (non-hydrogen) atoms. The highest BCUT2D eigenvalue weighted by Gasteiger charge is 2.22. The fourth-order valence-corrected chi connectivity index (χ4v) is 4.34. The molecule has 0 spiro atoms. The lowest BCUT2D eigenvalue weighted by atomic mass is 10.1. The molecule has 0 aliphatic rings. The number of sulfonamides is 1. The van der Waals surface area contributed by atoms with Crippen molar-refractivity contribution >= 4 is 44.3 Å². The summed E-state index contributed by atoms with van der Waals surface area (Å²) in [6.45, 7) is -0.394. The fraction of sp³-hybridized carbons (Fsp3) is 0.350. The minimum atomic E-state index is -4.03. The lowest BCUT2D eigenvalue weighted by Crippen LogP contribution is -2.45. The summed E-state index contributed by atoms with van der Waals surface area (Å²) in [6, 6.07) is 9.01. The molecule has 1 amide bonds. The third-order valence-corrected chi connectivity index (χ3v) is 6.09. The molecule has 0 saturated heterocycles. The van der Waals surface area contributed by atoms with Crippen molar-refractivity contribution in [3.63, 3.8) is 0 Å². The number of hydrogen-bond donors (Lipinski definition) is 5. The van der Waals surface area contributed by atoms with Crippen molar-refractivity contribution in [3.8, 4) is 0 Å². The van der Waals surface area contributed by atoms with Crippen LogP contribution in [0.1, 0.15) is 12.8 Å². The van der Waals surface area contributed by atoms with Crippen molar-refractivity contribution < 1.29 is 23.1 Å². The smallest absolute Gasteiger partial charge is 0.326 e. The van der Waals surface area contributed by atoms with E-state index in [1.807, 2.05) is 31.1 Å². The molecular weight excluding hydrogens is 436 g/mol. The van der Waals surface area contributed by atoms with Crippen LogP contribution in [-0.2, 0) is 19.6 Å². The van der Waals surface area contributed by atoms with Gasteiger partial charge in [0.25, 0.3) is 0 Å². The molecule has 0 fully saturated rings. The first kappa shape index (κ1) is 24.9. The van der Waals surface area contributed by atoms with Crippen molar-refractivity contribution in [1.29, 1.82) is 0 Å². The highest BCUT2D eigenvalue weighted by molar-refractivity contribution is 7.89. The highest BCUT2D eigenvalue weighted by atomic mass is 32.2. The molecule has 0 saturated carbocycles. The number of aliphatic imine (C=N–C) groups is 1. The number of nitrogens with zero attached hydrogens (tertiary/aromatic N) is 2. The van der Waals surface area contributed by atoms with Gasteiger partial charge in [0.15, 0.2) is 5.96 Å². The Hall–Kier alpha value is -3.38. The monoisotopic (exact) mass is 464 g/mol. The average molecular weight is 465 g/mol. The molecule has 0 bridgehead atoms. The van der Waals surface area contributed by atoms with E-state index >= 15 is 0 Å². The SMILES string of the molecule is CN(C)c1cccc2c(S(=O)(=O)NCC(=O)N[C@@H](CCCN=C(N)N)C(=O)O)cccc12. The molecule has 12 heteroatoms. The van der Waals surface area contributed by atoms with Crippen LogP contribution in [0.5, 0.6) is 0 Å². The standard InChI is InChI=1S/C20H28N6O5S/c1-26(2)16-9-3-7-14-13(16)6-4-10-17(14)32(30,31)24-12-18(27)25-15(19(28)29)8-5-11-23-20(21)22/h3-4,6-7,9-10,15,24H,5,8,11-12H2,1-2H3,(H,25,27)(H,28,29)(H4,21,22,23)/t15-/m0/s1. The van der Waals surface area contributed by atoms with E-state index in [0.717, 1.165) is 11.1 Å². The fourth-order valence-electron chi connectivity index (χ4n) is 3.13. The zero-order valence-electron chi connectivity index (χ0n) is 17.9.